The summed E-state index contributed by atoms with van der Waals surface area (Å²) in [5.41, 5.74) is 1.03. The first kappa shape index (κ1) is 47.4. The quantitative estimate of drug-likeness (QED) is 0.223. The van der Waals surface area contributed by atoms with Gasteiger partial charge in [0.2, 0.25) is 0 Å². The molecular weight excluding hydrogens is 474 g/mol. The topological polar surface area (TPSA) is 116 Å². The molecule has 0 atom stereocenters. The minimum atomic E-state index is 0.838. The summed E-state index contributed by atoms with van der Waals surface area (Å²) >= 11 is 0. The van der Waals surface area contributed by atoms with Crippen LogP contribution in [0, 0.1) is 13.8 Å². The van der Waals surface area contributed by atoms with Crippen molar-refractivity contribution in [3.8, 4) is 0 Å². The van der Waals surface area contributed by atoms with Gasteiger partial charge in [0, 0.05) is 55.3 Å². The number of aromatic nitrogens is 9. The van der Waals surface area contributed by atoms with Crippen LogP contribution in [0.3, 0.4) is 0 Å². The summed E-state index contributed by atoms with van der Waals surface area (Å²) in [5, 5.41) is 14.0. The summed E-state index contributed by atoms with van der Waals surface area (Å²) in [6, 6.07) is 5.53. The Morgan fingerprint density at radius 3 is 0.974 bits per heavy atom. The van der Waals surface area contributed by atoms with Crippen molar-refractivity contribution in [3.05, 3.63) is 91.8 Å². The molecule has 0 aliphatic heterocycles. The first-order valence-electron chi connectivity index (χ1n) is 13.5. The smallest absolute Gasteiger partial charge is 0.138 e. The minimum Gasteiger partial charge on any atom is -0.262 e. The highest BCUT2D eigenvalue weighted by molar-refractivity contribution is 4.97. The Balaban J connectivity index is -0.0000000797. The Morgan fingerprint density at radius 1 is 0.421 bits per heavy atom. The summed E-state index contributed by atoms with van der Waals surface area (Å²) in [5.74, 6) is 0.838. The lowest BCUT2D eigenvalue weighted by molar-refractivity contribution is 0.969. The van der Waals surface area contributed by atoms with E-state index in [-0.39, 0.29) is 0 Å². The molecule has 0 unspecified atom stereocenters. The van der Waals surface area contributed by atoms with E-state index < -0.39 is 0 Å². The maximum absolute atomic E-state index is 4.06. The minimum absolute atomic E-state index is 0.838. The molecule has 0 N–H and O–H groups in total. The molecule has 0 spiro atoms. The first-order valence-corrected chi connectivity index (χ1v) is 13.5. The second-order valence-electron chi connectivity index (χ2n) is 4.35. The molecule has 0 aliphatic rings. The van der Waals surface area contributed by atoms with Crippen molar-refractivity contribution in [1.29, 1.82) is 0 Å². The van der Waals surface area contributed by atoms with E-state index in [9.17, 15) is 0 Å². The third-order valence-corrected chi connectivity index (χ3v) is 2.28. The van der Waals surface area contributed by atoms with Gasteiger partial charge >= 0.3 is 0 Å². The summed E-state index contributed by atoms with van der Waals surface area (Å²) in [4.78, 5) is 19.0. The molecule has 38 heavy (non-hydrogen) atoms. The lowest BCUT2D eigenvalue weighted by Crippen LogP contribution is -1.86. The van der Waals surface area contributed by atoms with E-state index in [2.05, 4.69) is 45.3 Å². The third kappa shape index (κ3) is 53.6. The fraction of sp³-hybridized carbons (Fsp3) is 0.483. The highest BCUT2D eigenvalue weighted by atomic mass is 15.1. The average molecular weight is 530 g/mol. The van der Waals surface area contributed by atoms with Crippen molar-refractivity contribution in [3.63, 3.8) is 0 Å². The van der Waals surface area contributed by atoms with Gasteiger partial charge in [0.05, 0.1) is 6.20 Å². The number of hydrogen-bond donors (Lipinski definition) is 0. The lowest BCUT2D eigenvalue weighted by atomic mass is 10.4. The van der Waals surface area contributed by atoms with Crippen molar-refractivity contribution in [2.45, 2.75) is 96.9 Å². The molecule has 4 aromatic rings. The van der Waals surface area contributed by atoms with Gasteiger partial charge in [-0.1, -0.05) is 83.1 Å². The first-order chi connectivity index (χ1) is 18.8. The van der Waals surface area contributed by atoms with Gasteiger partial charge in [-0.05, 0) is 32.0 Å². The van der Waals surface area contributed by atoms with Gasteiger partial charge in [-0.3, -0.25) is 9.97 Å². The summed E-state index contributed by atoms with van der Waals surface area (Å²) in [6.07, 6.45) is 16.1. The molecule has 0 amide bonds. The second kappa shape index (κ2) is 58.8. The molecule has 216 valence electrons. The van der Waals surface area contributed by atoms with Gasteiger partial charge in [0.25, 0.3) is 0 Å². The van der Waals surface area contributed by atoms with E-state index in [1.807, 2.05) is 115 Å². The highest BCUT2D eigenvalue weighted by Gasteiger charge is 1.83. The molecule has 0 bridgehead atoms. The van der Waals surface area contributed by atoms with Crippen LogP contribution < -0.4 is 0 Å². The Bertz CT molecular complexity index is 605. The summed E-state index contributed by atoms with van der Waals surface area (Å²) < 4.78 is 0. The van der Waals surface area contributed by atoms with Crippen molar-refractivity contribution in [1.82, 2.24) is 45.3 Å². The van der Waals surface area contributed by atoms with E-state index in [1.54, 1.807) is 49.6 Å². The number of aryl methyl sites for hydroxylation is 2. The predicted octanol–water partition coefficient (Wildman–Crippen LogP) is 8.08. The van der Waals surface area contributed by atoms with Gasteiger partial charge in [-0.25, -0.2) is 15.0 Å². The van der Waals surface area contributed by atoms with Crippen LogP contribution >= 0.6 is 0 Å². The maximum atomic E-state index is 4.06. The average Bonchev–Trinajstić information content (AvgIpc) is 3.06. The molecule has 0 saturated carbocycles. The zero-order valence-corrected chi connectivity index (χ0v) is 26.5. The molecule has 9 heteroatoms. The van der Waals surface area contributed by atoms with Crippen molar-refractivity contribution < 1.29 is 0 Å². The Morgan fingerprint density at radius 2 is 0.816 bits per heavy atom. The maximum Gasteiger partial charge on any atom is 0.138 e. The third-order valence-electron chi connectivity index (χ3n) is 2.28. The van der Waals surface area contributed by atoms with Gasteiger partial charge in [0.15, 0.2) is 0 Å². The van der Waals surface area contributed by atoms with Crippen molar-refractivity contribution in [2.75, 3.05) is 0 Å². The monoisotopic (exact) mass is 529 g/mol. The van der Waals surface area contributed by atoms with E-state index in [0.29, 0.717) is 0 Å². The van der Waals surface area contributed by atoms with Crippen LogP contribution in [0.2, 0.25) is 0 Å². The fourth-order valence-electron chi connectivity index (χ4n) is 1.29. The van der Waals surface area contributed by atoms with Crippen LogP contribution in [0.4, 0.5) is 0 Å². The van der Waals surface area contributed by atoms with Gasteiger partial charge < -0.3 is 0 Å². The largest absolute Gasteiger partial charge is 0.262 e. The van der Waals surface area contributed by atoms with E-state index in [4.69, 9.17) is 0 Å². The molecular formula is C29H55N9. The van der Waals surface area contributed by atoms with Crippen LogP contribution in [0.5, 0.6) is 0 Å². The normalized spacial score (nSPS) is 6.68. The van der Waals surface area contributed by atoms with Gasteiger partial charge in [-0.2, -0.15) is 15.3 Å². The highest BCUT2D eigenvalue weighted by Crippen LogP contribution is 1.88. The number of hydrogen-bond acceptors (Lipinski definition) is 9. The van der Waals surface area contributed by atoms with Crippen molar-refractivity contribution in [2.24, 2.45) is 0 Å². The summed E-state index contributed by atoms with van der Waals surface area (Å²) in [6.45, 7) is 27.8. The van der Waals surface area contributed by atoms with Crippen molar-refractivity contribution >= 4 is 0 Å². The van der Waals surface area contributed by atoms with Crippen LogP contribution in [0.1, 0.15) is 94.6 Å². The molecule has 0 saturated heterocycles. The molecule has 0 aliphatic carbocycles. The molecule has 4 aromatic heterocycles. The molecule has 0 fully saturated rings. The van der Waals surface area contributed by atoms with Gasteiger partial charge in [0.1, 0.15) is 12.2 Å². The Hall–Kier alpha value is -3.75. The molecule has 4 rings (SSSR count). The van der Waals surface area contributed by atoms with Crippen LogP contribution in [-0.2, 0) is 0 Å². The Kier molecular flexibility index (Phi) is 73.4. The summed E-state index contributed by atoms with van der Waals surface area (Å²) in [7, 11) is 0. The van der Waals surface area contributed by atoms with E-state index in [1.165, 1.54) is 12.5 Å². The second-order valence-corrected chi connectivity index (χ2v) is 4.35. The number of nitrogens with zero attached hydrogens (tertiary/aromatic N) is 9. The SMILES string of the molecule is CC.CC.CC.CC.CC.CC.Cc1ccnc(C)n1.c1ccnnc1.c1cnccn1.c1cnncn1. The number of rotatable bonds is 0. The Labute approximate surface area is 234 Å². The van der Waals surface area contributed by atoms with E-state index in [0.717, 1.165) is 11.5 Å². The molecule has 0 aromatic carbocycles. The van der Waals surface area contributed by atoms with Crippen LogP contribution in [0.25, 0.3) is 0 Å². The van der Waals surface area contributed by atoms with Crippen LogP contribution in [0.15, 0.2) is 80.3 Å². The van der Waals surface area contributed by atoms with E-state index >= 15 is 0 Å². The van der Waals surface area contributed by atoms with Gasteiger partial charge in [-0.15, -0.1) is 5.10 Å². The lowest BCUT2D eigenvalue weighted by Gasteiger charge is -1.89. The molecule has 9 nitrogen and oxygen atoms in total. The standard InChI is InChI=1S/C6H8N2.2C4H4N2.C3H3N3.6C2H6/c1-5-3-4-7-6(2)8-5;1-2-6-4-3-5-1;1-2-4-6-5-3-1;1-2-5-6-3-4-1;6*1-2/h3-4H,1-2H3;2*1-4H;1-3H;6*1-2H3. The zero-order chi connectivity index (χ0) is 30.7. The molecule has 0 radical (unpaired) electrons. The zero-order valence-electron chi connectivity index (χ0n) is 26.5. The van der Waals surface area contributed by atoms with Crippen LogP contribution in [-0.4, -0.2) is 45.3 Å². The molecule has 4 heterocycles. The fourth-order valence-corrected chi connectivity index (χ4v) is 1.29. The predicted molar refractivity (Wildman–Crippen MR) is 163 cm³/mol.